The van der Waals surface area contributed by atoms with Crippen LogP contribution >= 0.6 is 15.9 Å². The molecule has 28 heavy (non-hydrogen) atoms. The summed E-state index contributed by atoms with van der Waals surface area (Å²) in [4.78, 5) is 21.4. The zero-order valence-corrected chi connectivity index (χ0v) is 17.5. The van der Waals surface area contributed by atoms with E-state index in [0.717, 1.165) is 22.9 Å². The molecule has 4 nitrogen and oxygen atoms in total. The number of unbranched alkanes of at least 4 members (excludes halogenated alkanes) is 3. The van der Waals surface area contributed by atoms with Crippen molar-refractivity contribution in [1.82, 2.24) is 9.97 Å². The summed E-state index contributed by atoms with van der Waals surface area (Å²) in [6.07, 6.45) is 9.58. The molecule has 5 heteroatoms. The second kappa shape index (κ2) is 10.1. The lowest BCUT2D eigenvalue weighted by Gasteiger charge is -2.10. The van der Waals surface area contributed by atoms with Crippen LogP contribution in [0.15, 0.2) is 65.4 Å². The quantitative estimate of drug-likeness (QED) is 0.237. The van der Waals surface area contributed by atoms with Gasteiger partial charge in [0, 0.05) is 16.9 Å². The van der Waals surface area contributed by atoms with E-state index in [2.05, 4.69) is 32.8 Å². The van der Waals surface area contributed by atoms with Crippen molar-refractivity contribution in [3.05, 3.63) is 76.5 Å². The van der Waals surface area contributed by atoms with Gasteiger partial charge < -0.3 is 4.74 Å². The van der Waals surface area contributed by atoms with Crippen molar-refractivity contribution < 1.29 is 9.53 Å². The molecule has 144 valence electrons. The van der Waals surface area contributed by atoms with Gasteiger partial charge in [-0.05, 0) is 54.8 Å². The van der Waals surface area contributed by atoms with Gasteiger partial charge in [-0.15, -0.1) is 0 Å². The van der Waals surface area contributed by atoms with E-state index in [9.17, 15) is 4.79 Å². The van der Waals surface area contributed by atoms with E-state index < -0.39 is 5.97 Å². The lowest BCUT2D eigenvalue weighted by Crippen LogP contribution is -2.09. The summed E-state index contributed by atoms with van der Waals surface area (Å²) >= 11 is 3.36. The number of hydrogen-bond acceptors (Lipinski definition) is 4. The number of para-hydroxylation sites is 1. The minimum absolute atomic E-state index is 0.410. The number of hydrogen-bond donors (Lipinski definition) is 0. The number of esters is 1. The number of halogens is 1. The number of nitrogens with zero attached hydrogens (tertiary/aromatic N) is 2. The van der Waals surface area contributed by atoms with E-state index in [1.807, 2.05) is 42.7 Å². The molecule has 3 rings (SSSR count). The maximum Gasteiger partial charge on any atom is 0.343 e. The van der Waals surface area contributed by atoms with Crippen LogP contribution in [0, 0.1) is 0 Å². The fraction of sp³-hybridized carbons (Fsp3) is 0.261. The van der Waals surface area contributed by atoms with E-state index in [1.54, 1.807) is 18.2 Å². The molecule has 1 heterocycles. The van der Waals surface area contributed by atoms with Gasteiger partial charge in [0.25, 0.3) is 0 Å². The average Bonchev–Trinajstić information content (AvgIpc) is 2.73. The number of carbonyl (C=O) groups is 1. The number of aromatic nitrogens is 2. The fourth-order valence-electron chi connectivity index (χ4n) is 2.86. The van der Waals surface area contributed by atoms with Crippen molar-refractivity contribution in [3.63, 3.8) is 0 Å². The van der Waals surface area contributed by atoms with Gasteiger partial charge in [0.05, 0.1) is 11.1 Å². The van der Waals surface area contributed by atoms with E-state index in [4.69, 9.17) is 4.74 Å². The van der Waals surface area contributed by atoms with Gasteiger partial charge in [0.15, 0.2) is 5.82 Å². The predicted octanol–water partition coefficient (Wildman–Crippen LogP) is 6.25. The first-order chi connectivity index (χ1) is 13.7. The predicted molar refractivity (Wildman–Crippen MR) is 114 cm³/mol. The summed E-state index contributed by atoms with van der Waals surface area (Å²) in [5.74, 6) is 0.593. The molecular formula is C23H23BrN2O2. The zero-order chi connectivity index (χ0) is 19.8. The molecule has 0 amide bonds. The normalized spacial score (nSPS) is 10.6. The van der Waals surface area contributed by atoms with Crippen LogP contribution in [0.2, 0.25) is 0 Å². The van der Waals surface area contributed by atoms with Crippen molar-refractivity contribution in [3.8, 4) is 17.1 Å². The highest BCUT2D eigenvalue weighted by atomic mass is 79.9. The first-order valence-electron chi connectivity index (χ1n) is 9.55. The van der Waals surface area contributed by atoms with E-state index in [0.29, 0.717) is 22.7 Å². The Balaban J connectivity index is 1.73. The number of rotatable bonds is 8. The summed E-state index contributed by atoms with van der Waals surface area (Å²) in [5, 5.41) is 0. The van der Waals surface area contributed by atoms with Gasteiger partial charge in [-0.1, -0.05) is 54.2 Å². The SMILES string of the molecule is CCCCCCc1cnc(-c2ccccc2OC(=O)c2ccc(Br)cc2)nc1. The second-order valence-corrected chi connectivity index (χ2v) is 7.53. The number of carbonyl (C=O) groups excluding carboxylic acids is 1. The second-order valence-electron chi connectivity index (χ2n) is 6.62. The van der Waals surface area contributed by atoms with Crippen molar-refractivity contribution in [2.24, 2.45) is 0 Å². The lowest BCUT2D eigenvalue weighted by atomic mass is 10.1. The first kappa shape index (κ1) is 20.2. The Hall–Kier alpha value is -2.53. The maximum atomic E-state index is 12.5. The Morgan fingerprint density at radius 1 is 0.964 bits per heavy atom. The van der Waals surface area contributed by atoms with E-state index in [-0.39, 0.29) is 0 Å². The van der Waals surface area contributed by atoms with Crippen LogP contribution in [0.3, 0.4) is 0 Å². The summed E-state index contributed by atoms with van der Waals surface area (Å²) in [6, 6.07) is 14.4. The minimum atomic E-state index is -0.410. The Kier molecular flexibility index (Phi) is 7.31. The Labute approximate surface area is 174 Å². The molecular weight excluding hydrogens is 416 g/mol. The average molecular weight is 439 g/mol. The first-order valence-corrected chi connectivity index (χ1v) is 10.3. The number of aryl methyl sites for hydroxylation is 1. The molecule has 3 aromatic rings. The number of ether oxygens (including phenoxy) is 1. The van der Waals surface area contributed by atoms with Gasteiger partial charge in [0.2, 0.25) is 0 Å². The third-order valence-electron chi connectivity index (χ3n) is 4.43. The molecule has 0 aliphatic heterocycles. The highest BCUT2D eigenvalue weighted by Crippen LogP contribution is 2.28. The van der Waals surface area contributed by atoms with Crippen LogP contribution in [0.4, 0.5) is 0 Å². The molecule has 0 aliphatic rings. The summed E-state index contributed by atoms with van der Waals surface area (Å²) in [7, 11) is 0. The Morgan fingerprint density at radius 3 is 2.39 bits per heavy atom. The molecule has 0 N–H and O–H groups in total. The van der Waals surface area contributed by atoms with Gasteiger partial charge in [-0.2, -0.15) is 0 Å². The summed E-state index contributed by atoms with van der Waals surface area (Å²) in [6.45, 7) is 2.21. The molecule has 0 radical (unpaired) electrons. The van der Waals surface area contributed by atoms with Gasteiger partial charge in [-0.3, -0.25) is 0 Å². The largest absolute Gasteiger partial charge is 0.422 e. The van der Waals surface area contributed by atoms with Crippen LogP contribution in [0.1, 0.15) is 48.5 Å². The van der Waals surface area contributed by atoms with Crippen molar-refractivity contribution in [1.29, 1.82) is 0 Å². The minimum Gasteiger partial charge on any atom is -0.422 e. The topological polar surface area (TPSA) is 52.1 Å². The van der Waals surface area contributed by atoms with Crippen molar-refractivity contribution in [2.75, 3.05) is 0 Å². The highest BCUT2D eigenvalue weighted by molar-refractivity contribution is 9.10. The van der Waals surface area contributed by atoms with Crippen LogP contribution in [0.5, 0.6) is 5.75 Å². The van der Waals surface area contributed by atoms with Crippen LogP contribution in [0.25, 0.3) is 11.4 Å². The third kappa shape index (κ3) is 5.49. The Morgan fingerprint density at radius 2 is 1.68 bits per heavy atom. The molecule has 0 bridgehead atoms. The Bertz CT molecular complexity index is 909. The van der Waals surface area contributed by atoms with E-state index >= 15 is 0 Å². The standard InChI is InChI=1S/C23H23BrN2O2/c1-2-3-4-5-8-17-15-25-22(26-16-17)20-9-6-7-10-21(20)28-23(27)18-11-13-19(24)14-12-18/h6-7,9-16H,2-5,8H2,1H3. The molecule has 0 atom stereocenters. The molecule has 1 aromatic heterocycles. The summed E-state index contributed by atoms with van der Waals surface area (Å²) < 4.78 is 6.52. The maximum absolute atomic E-state index is 12.5. The van der Waals surface area contributed by atoms with Crippen molar-refractivity contribution >= 4 is 21.9 Å². The van der Waals surface area contributed by atoms with Crippen LogP contribution in [-0.4, -0.2) is 15.9 Å². The third-order valence-corrected chi connectivity index (χ3v) is 4.96. The van der Waals surface area contributed by atoms with Crippen LogP contribution in [-0.2, 0) is 6.42 Å². The molecule has 2 aromatic carbocycles. The molecule has 0 fully saturated rings. The molecule has 0 aliphatic carbocycles. The highest BCUT2D eigenvalue weighted by Gasteiger charge is 2.14. The molecule has 0 saturated carbocycles. The summed E-state index contributed by atoms with van der Waals surface area (Å²) in [5.41, 5.74) is 2.32. The smallest absolute Gasteiger partial charge is 0.343 e. The molecule has 0 saturated heterocycles. The van der Waals surface area contributed by atoms with E-state index in [1.165, 1.54) is 19.3 Å². The monoisotopic (exact) mass is 438 g/mol. The number of benzene rings is 2. The fourth-order valence-corrected chi connectivity index (χ4v) is 3.13. The molecule has 0 spiro atoms. The van der Waals surface area contributed by atoms with Gasteiger partial charge >= 0.3 is 5.97 Å². The van der Waals surface area contributed by atoms with Crippen molar-refractivity contribution in [2.45, 2.75) is 39.0 Å². The lowest BCUT2D eigenvalue weighted by molar-refractivity contribution is 0.0735. The zero-order valence-electron chi connectivity index (χ0n) is 15.9. The van der Waals surface area contributed by atoms with Crippen LogP contribution < -0.4 is 4.74 Å². The van der Waals surface area contributed by atoms with Gasteiger partial charge in [0.1, 0.15) is 5.75 Å². The van der Waals surface area contributed by atoms with Gasteiger partial charge in [-0.25, -0.2) is 14.8 Å². The molecule has 0 unspecified atom stereocenters.